The lowest BCUT2D eigenvalue weighted by atomic mass is 10.1. The van der Waals surface area contributed by atoms with Crippen LogP contribution in [0, 0.1) is 0 Å². The van der Waals surface area contributed by atoms with Gasteiger partial charge in [0, 0.05) is 11.3 Å². The highest BCUT2D eigenvalue weighted by Gasteiger charge is 2.03. The lowest BCUT2D eigenvalue weighted by Crippen LogP contribution is -2.13. The summed E-state index contributed by atoms with van der Waals surface area (Å²) in [7, 11) is 0. The molecule has 0 unspecified atom stereocenters. The lowest BCUT2D eigenvalue weighted by molar-refractivity contribution is 0.101. The Morgan fingerprint density at radius 3 is 2.00 bits per heavy atom. The molecule has 2 aromatic carbocycles. The first-order chi connectivity index (χ1) is 7.86. The fraction of sp³-hybridized carbons (Fsp3) is 0.0714. The smallest absolute Gasteiger partial charge is 0.181 e. The molecular weight excluding hydrogens is 234 g/mol. The zero-order chi connectivity index (χ0) is 11.2. The van der Waals surface area contributed by atoms with Gasteiger partial charge < -0.3 is 5.32 Å². The van der Waals surface area contributed by atoms with Crippen molar-refractivity contribution in [2.45, 2.75) is 0 Å². The topological polar surface area (TPSA) is 29.1 Å². The SMILES string of the molecule is Cl.O=C(CNc1ccccc1)c1ccccc1. The predicted molar refractivity (Wildman–Crippen MR) is 73.0 cm³/mol. The molecule has 88 valence electrons. The number of hydrogen-bond donors (Lipinski definition) is 1. The maximum absolute atomic E-state index is 11.8. The Kier molecular flexibility index (Phi) is 5.24. The number of benzene rings is 2. The van der Waals surface area contributed by atoms with Crippen molar-refractivity contribution in [3.63, 3.8) is 0 Å². The van der Waals surface area contributed by atoms with Gasteiger partial charge in [-0.1, -0.05) is 48.5 Å². The summed E-state index contributed by atoms with van der Waals surface area (Å²) in [5, 5.41) is 3.09. The summed E-state index contributed by atoms with van der Waals surface area (Å²) in [6, 6.07) is 19.0. The van der Waals surface area contributed by atoms with E-state index in [1.54, 1.807) is 0 Å². The second kappa shape index (κ2) is 6.71. The van der Waals surface area contributed by atoms with Crippen LogP contribution in [-0.4, -0.2) is 12.3 Å². The van der Waals surface area contributed by atoms with Crippen molar-refractivity contribution < 1.29 is 4.79 Å². The molecule has 0 aromatic heterocycles. The van der Waals surface area contributed by atoms with Gasteiger partial charge in [0.05, 0.1) is 6.54 Å². The van der Waals surface area contributed by atoms with Gasteiger partial charge in [0.15, 0.2) is 5.78 Å². The van der Waals surface area contributed by atoms with Gasteiger partial charge in [-0.3, -0.25) is 4.79 Å². The van der Waals surface area contributed by atoms with Gasteiger partial charge in [-0.25, -0.2) is 0 Å². The van der Waals surface area contributed by atoms with E-state index in [0.717, 1.165) is 11.3 Å². The van der Waals surface area contributed by atoms with E-state index in [9.17, 15) is 4.79 Å². The summed E-state index contributed by atoms with van der Waals surface area (Å²) in [6.07, 6.45) is 0. The van der Waals surface area contributed by atoms with E-state index in [1.165, 1.54) is 0 Å². The molecule has 1 N–H and O–H groups in total. The Labute approximate surface area is 107 Å². The number of ketones is 1. The second-order valence-corrected chi connectivity index (χ2v) is 3.51. The maximum atomic E-state index is 11.8. The molecule has 0 bridgehead atoms. The van der Waals surface area contributed by atoms with E-state index in [4.69, 9.17) is 0 Å². The standard InChI is InChI=1S/C14H13NO.ClH/c16-14(12-7-3-1-4-8-12)11-15-13-9-5-2-6-10-13;/h1-10,15H,11H2;1H. The molecule has 0 radical (unpaired) electrons. The number of anilines is 1. The molecule has 17 heavy (non-hydrogen) atoms. The average Bonchev–Trinajstić information content (AvgIpc) is 2.38. The highest BCUT2D eigenvalue weighted by molar-refractivity contribution is 5.98. The average molecular weight is 248 g/mol. The van der Waals surface area contributed by atoms with Crippen molar-refractivity contribution in [2.75, 3.05) is 11.9 Å². The largest absolute Gasteiger partial charge is 0.378 e. The molecule has 0 saturated heterocycles. The highest BCUT2D eigenvalue weighted by atomic mass is 35.5. The predicted octanol–water partition coefficient (Wildman–Crippen LogP) is 3.40. The molecular formula is C14H14ClNO. The first-order valence-corrected chi connectivity index (χ1v) is 5.23. The normalized spacial score (nSPS) is 9.18. The number of carbonyl (C=O) groups excluding carboxylic acids is 1. The van der Waals surface area contributed by atoms with Crippen LogP contribution < -0.4 is 5.32 Å². The summed E-state index contributed by atoms with van der Waals surface area (Å²) in [5.41, 5.74) is 1.71. The van der Waals surface area contributed by atoms with E-state index < -0.39 is 0 Å². The molecule has 0 aliphatic rings. The quantitative estimate of drug-likeness (QED) is 0.839. The molecule has 2 nitrogen and oxygen atoms in total. The first-order valence-electron chi connectivity index (χ1n) is 5.23. The van der Waals surface area contributed by atoms with E-state index >= 15 is 0 Å². The molecule has 0 amide bonds. The lowest BCUT2D eigenvalue weighted by Gasteiger charge is -2.05. The Morgan fingerprint density at radius 2 is 1.41 bits per heavy atom. The fourth-order valence-corrected chi connectivity index (χ4v) is 1.46. The number of halogens is 1. The molecule has 0 fully saturated rings. The zero-order valence-electron chi connectivity index (χ0n) is 9.30. The molecule has 0 saturated carbocycles. The fourth-order valence-electron chi connectivity index (χ4n) is 1.46. The van der Waals surface area contributed by atoms with Crippen LogP contribution in [0.2, 0.25) is 0 Å². The van der Waals surface area contributed by atoms with Gasteiger partial charge >= 0.3 is 0 Å². The van der Waals surface area contributed by atoms with Crippen LogP contribution in [-0.2, 0) is 0 Å². The number of rotatable bonds is 4. The minimum absolute atomic E-state index is 0. The van der Waals surface area contributed by atoms with Crippen molar-refractivity contribution in [3.05, 3.63) is 66.2 Å². The van der Waals surface area contributed by atoms with Gasteiger partial charge in [-0.05, 0) is 12.1 Å². The monoisotopic (exact) mass is 247 g/mol. The molecule has 0 aliphatic heterocycles. The first kappa shape index (κ1) is 13.3. The molecule has 2 aromatic rings. The van der Waals surface area contributed by atoms with Gasteiger partial charge in [-0.15, -0.1) is 12.4 Å². The van der Waals surface area contributed by atoms with Crippen molar-refractivity contribution in [2.24, 2.45) is 0 Å². The number of para-hydroxylation sites is 1. The van der Waals surface area contributed by atoms with Gasteiger partial charge in [0.2, 0.25) is 0 Å². The number of nitrogens with one attached hydrogen (secondary N) is 1. The van der Waals surface area contributed by atoms with Crippen molar-refractivity contribution in [3.8, 4) is 0 Å². The third kappa shape index (κ3) is 3.93. The van der Waals surface area contributed by atoms with Gasteiger partial charge in [-0.2, -0.15) is 0 Å². The van der Waals surface area contributed by atoms with Crippen LogP contribution in [0.3, 0.4) is 0 Å². The van der Waals surface area contributed by atoms with Crippen molar-refractivity contribution in [1.82, 2.24) is 0 Å². The van der Waals surface area contributed by atoms with Crippen LogP contribution >= 0.6 is 12.4 Å². The van der Waals surface area contributed by atoms with Crippen LogP contribution in [0.4, 0.5) is 5.69 Å². The van der Waals surface area contributed by atoms with E-state index in [-0.39, 0.29) is 18.2 Å². The molecule has 0 atom stereocenters. The van der Waals surface area contributed by atoms with Crippen LogP contribution in [0.25, 0.3) is 0 Å². The molecule has 0 aliphatic carbocycles. The van der Waals surface area contributed by atoms with Crippen molar-refractivity contribution in [1.29, 1.82) is 0 Å². The highest BCUT2D eigenvalue weighted by Crippen LogP contribution is 2.06. The summed E-state index contributed by atoms with van der Waals surface area (Å²) in [4.78, 5) is 11.8. The Balaban J connectivity index is 0.00000144. The number of carbonyl (C=O) groups is 1. The summed E-state index contributed by atoms with van der Waals surface area (Å²) in [5.74, 6) is 0.101. The summed E-state index contributed by atoms with van der Waals surface area (Å²) >= 11 is 0. The van der Waals surface area contributed by atoms with Crippen molar-refractivity contribution >= 4 is 23.9 Å². The minimum atomic E-state index is 0. The number of Topliss-reactive ketones (excluding diaryl/α,β-unsaturated/α-hetero) is 1. The zero-order valence-corrected chi connectivity index (χ0v) is 10.1. The van der Waals surface area contributed by atoms with Crippen LogP contribution in [0.5, 0.6) is 0 Å². The van der Waals surface area contributed by atoms with E-state index in [2.05, 4.69) is 5.32 Å². The number of hydrogen-bond acceptors (Lipinski definition) is 2. The molecule has 3 heteroatoms. The molecule has 0 spiro atoms. The Bertz CT molecular complexity index is 456. The maximum Gasteiger partial charge on any atom is 0.181 e. The molecule has 0 heterocycles. The summed E-state index contributed by atoms with van der Waals surface area (Å²) < 4.78 is 0. The van der Waals surface area contributed by atoms with E-state index in [0.29, 0.717) is 6.54 Å². The Hall–Kier alpha value is -1.80. The third-order valence-corrected chi connectivity index (χ3v) is 2.32. The molecule has 2 rings (SSSR count). The van der Waals surface area contributed by atoms with Gasteiger partial charge in [0.25, 0.3) is 0 Å². The Morgan fingerprint density at radius 1 is 0.882 bits per heavy atom. The second-order valence-electron chi connectivity index (χ2n) is 3.51. The van der Waals surface area contributed by atoms with Crippen LogP contribution in [0.15, 0.2) is 60.7 Å². The van der Waals surface area contributed by atoms with Crippen LogP contribution in [0.1, 0.15) is 10.4 Å². The van der Waals surface area contributed by atoms with Gasteiger partial charge in [0.1, 0.15) is 0 Å². The summed E-state index contributed by atoms with van der Waals surface area (Å²) in [6.45, 7) is 0.327. The third-order valence-electron chi connectivity index (χ3n) is 2.32. The van der Waals surface area contributed by atoms with E-state index in [1.807, 2.05) is 60.7 Å². The minimum Gasteiger partial charge on any atom is -0.378 e.